The molecule has 0 heterocycles. The van der Waals surface area contributed by atoms with E-state index in [9.17, 15) is 14.4 Å². The summed E-state index contributed by atoms with van der Waals surface area (Å²) < 4.78 is 21.7. The second-order valence-electron chi connectivity index (χ2n) is 9.33. The van der Waals surface area contributed by atoms with E-state index < -0.39 is 0 Å². The van der Waals surface area contributed by atoms with Crippen molar-refractivity contribution < 1.29 is 33.3 Å². The van der Waals surface area contributed by atoms with Gasteiger partial charge in [0.1, 0.15) is 5.75 Å². The molecule has 38 heavy (non-hydrogen) atoms. The summed E-state index contributed by atoms with van der Waals surface area (Å²) in [6.07, 6.45) is 10.1. The lowest BCUT2D eigenvalue weighted by molar-refractivity contribution is -0.139. The predicted molar refractivity (Wildman–Crippen MR) is 147 cm³/mol. The Bertz CT molecular complexity index is 1030. The van der Waals surface area contributed by atoms with Gasteiger partial charge in [-0.1, -0.05) is 19.2 Å². The molecule has 0 radical (unpaired) electrons. The average Bonchev–Trinajstić information content (AvgIpc) is 2.91. The Balaban J connectivity index is 1.63. The number of allylic oxidation sites excluding steroid dienone is 4. The second kappa shape index (κ2) is 17.0. The Labute approximate surface area is 226 Å². The molecule has 0 unspecified atom stereocenters. The highest BCUT2D eigenvalue weighted by Crippen LogP contribution is 2.24. The number of esters is 2. The Hall–Kier alpha value is -3.61. The lowest BCUT2D eigenvalue weighted by Gasteiger charge is -2.15. The number of carbonyl (C=O) groups excluding carboxylic acids is 3. The SMILES string of the molecule is C=C(C)C(=O)OCCCCCOC1=CC=C(C(=O)c2ccc(OCCCCCOC(=O)C(=C)C)cc2)CC1. The van der Waals surface area contributed by atoms with Crippen molar-refractivity contribution in [3.63, 3.8) is 0 Å². The predicted octanol–water partition coefficient (Wildman–Crippen LogP) is 6.45. The zero-order valence-electron chi connectivity index (χ0n) is 22.7. The van der Waals surface area contributed by atoms with Crippen molar-refractivity contribution in [1.29, 1.82) is 0 Å². The van der Waals surface area contributed by atoms with Gasteiger partial charge >= 0.3 is 11.9 Å². The van der Waals surface area contributed by atoms with Gasteiger partial charge in [-0.15, -0.1) is 0 Å². The van der Waals surface area contributed by atoms with Crippen LogP contribution in [0.4, 0.5) is 0 Å². The number of rotatable bonds is 18. The first-order valence-electron chi connectivity index (χ1n) is 13.2. The highest BCUT2D eigenvalue weighted by Gasteiger charge is 2.16. The minimum atomic E-state index is -0.353. The molecule has 7 nitrogen and oxygen atoms in total. The Morgan fingerprint density at radius 2 is 1.21 bits per heavy atom. The number of carbonyl (C=O) groups is 3. The minimum Gasteiger partial charge on any atom is -0.498 e. The summed E-state index contributed by atoms with van der Waals surface area (Å²) in [5, 5.41) is 0. The lowest BCUT2D eigenvalue weighted by atomic mass is 9.95. The van der Waals surface area contributed by atoms with E-state index in [1.54, 1.807) is 26.0 Å². The summed E-state index contributed by atoms with van der Waals surface area (Å²) in [7, 11) is 0. The van der Waals surface area contributed by atoms with Crippen molar-refractivity contribution in [3.8, 4) is 5.75 Å². The summed E-state index contributed by atoms with van der Waals surface area (Å²) in [6, 6.07) is 7.21. The van der Waals surface area contributed by atoms with Gasteiger partial charge in [-0.05, 0) is 89.1 Å². The number of hydrogen-bond donors (Lipinski definition) is 0. The van der Waals surface area contributed by atoms with Gasteiger partial charge in [0.2, 0.25) is 0 Å². The molecular formula is C31H40O7. The first-order valence-corrected chi connectivity index (χ1v) is 13.2. The van der Waals surface area contributed by atoms with Gasteiger partial charge < -0.3 is 18.9 Å². The van der Waals surface area contributed by atoms with Crippen LogP contribution in [-0.2, 0) is 23.8 Å². The van der Waals surface area contributed by atoms with Gasteiger partial charge in [0.05, 0.1) is 32.2 Å². The highest BCUT2D eigenvalue weighted by atomic mass is 16.5. The van der Waals surface area contributed by atoms with Gasteiger partial charge in [-0.3, -0.25) is 4.79 Å². The van der Waals surface area contributed by atoms with E-state index in [-0.39, 0.29) is 17.7 Å². The Morgan fingerprint density at radius 1 is 0.684 bits per heavy atom. The highest BCUT2D eigenvalue weighted by molar-refractivity contribution is 6.09. The minimum absolute atomic E-state index is 0.0143. The first kappa shape index (κ1) is 30.6. The summed E-state index contributed by atoms with van der Waals surface area (Å²) in [6.45, 7) is 12.3. The lowest BCUT2D eigenvalue weighted by Crippen LogP contribution is -2.08. The smallest absolute Gasteiger partial charge is 0.333 e. The van der Waals surface area contributed by atoms with Gasteiger partial charge in [-0.25, -0.2) is 9.59 Å². The standard InChI is InChI=1S/C31H40O7/c1-23(2)30(33)37-21-9-5-7-19-35-27-15-11-25(12-16-27)29(32)26-13-17-28(18-14-26)36-20-8-6-10-22-38-31(34)24(3)4/h11-13,15-17H,1,3,5-10,14,18-22H2,2,4H3. The fourth-order valence-corrected chi connectivity index (χ4v) is 3.55. The summed E-state index contributed by atoms with van der Waals surface area (Å²) >= 11 is 0. The number of Topliss-reactive ketones (excluding diaryl/α,β-unsaturated/α-hetero) is 1. The fraction of sp³-hybridized carbons (Fsp3) is 0.452. The maximum Gasteiger partial charge on any atom is 0.333 e. The zero-order chi connectivity index (χ0) is 27.8. The Kier molecular flexibility index (Phi) is 13.7. The van der Waals surface area contributed by atoms with Crippen molar-refractivity contribution in [2.75, 3.05) is 26.4 Å². The Morgan fingerprint density at radius 3 is 1.71 bits per heavy atom. The second-order valence-corrected chi connectivity index (χ2v) is 9.33. The number of hydrogen-bond acceptors (Lipinski definition) is 7. The number of ether oxygens (including phenoxy) is 4. The third-order valence-corrected chi connectivity index (χ3v) is 5.82. The molecule has 7 heteroatoms. The van der Waals surface area contributed by atoms with E-state index in [1.807, 2.05) is 24.3 Å². The summed E-state index contributed by atoms with van der Waals surface area (Å²) in [5.74, 6) is 0.915. The van der Waals surface area contributed by atoms with Crippen molar-refractivity contribution in [2.45, 2.75) is 65.2 Å². The van der Waals surface area contributed by atoms with Crippen LogP contribution < -0.4 is 4.74 Å². The van der Waals surface area contributed by atoms with Crippen LogP contribution in [0.3, 0.4) is 0 Å². The molecule has 0 amide bonds. The van der Waals surface area contributed by atoms with Crippen molar-refractivity contribution in [1.82, 2.24) is 0 Å². The average molecular weight is 525 g/mol. The van der Waals surface area contributed by atoms with Crippen LogP contribution in [0.1, 0.15) is 75.6 Å². The van der Waals surface area contributed by atoms with Gasteiger partial charge in [-0.2, -0.15) is 0 Å². The molecule has 0 saturated heterocycles. The number of unbranched alkanes of at least 4 members (excludes halogenated alkanes) is 4. The van der Waals surface area contributed by atoms with Crippen LogP contribution >= 0.6 is 0 Å². The van der Waals surface area contributed by atoms with Crippen LogP contribution in [0.2, 0.25) is 0 Å². The fourth-order valence-electron chi connectivity index (χ4n) is 3.55. The molecule has 1 aromatic carbocycles. The van der Waals surface area contributed by atoms with Crippen molar-refractivity contribution in [2.24, 2.45) is 0 Å². The largest absolute Gasteiger partial charge is 0.498 e. The van der Waals surface area contributed by atoms with E-state index >= 15 is 0 Å². The van der Waals surface area contributed by atoms with Crippen LogP contribution in [0.5, 0.6) is 5.75 Å². The molecule has 0 bridgehead atoms. The van der Waals surface area contributed by atoms with Gasteiger partial charge in [0, 0.05) is 28.7 Å². The van der Waals surface area contributed by atoms with Crippen LogP contribution in [0.25, 0.3) is 0 Å². The molecule has 2 rings (SSSR count). The van der Waals surface area contributed by atoms with E-state index in [0.29, 0.717) is 56.0 Å². The number of benzene rings is 1. The molecule has 0 N–H and O–H groups in total. The van der Waals surface area contributed by atoms with Gasteiger partial charge in [0.25, 0.3) is 0 Å². The monoisotopic (exact) mass is 524 g/mol. The molecule has 0 aliphatic heterocycles. The van der Waals surface area contributed by atoms with Crippen LogP contribution in [0, 0.1) is 0 Å². The van der Waals surface area contributed by atoms with Crippen molar-refractivity contribution >= 4 is 17.7 Å². The molecule has 206 valence electrons. The van der Waals surface area contributed by atoms with Crippen molar-refractivity contribution in [3.05, 3.63) is 77.6 Å². The van der Waals surface area contributed by atoms with Crippen LogP contribution in [0.15, 0.2) is 72.1 Å². The molecule has 1 aliphatic rings. The quantitative estimate of drug-likeness (QED) is 0.0944. The van der Waals surface area contributed by atoms with Gasteiger partial charge in [0.15, 0.2) is 5.78 Å². The third-order valence-electron chi connectivity index (χ3n) is 5.82. The van der Waals surface area contributed by atoms with Crippen LogP contribution in [-0.4, -0.2) is 44.1 Å². The molecule has 1 aliphatic carbocycles. The van der Waals surface area contributed by atoms with E-state index in [0.717, 1.165) is 55.6 Å². The molecule has 0 saturated carbocycles. The first-order chi connectivity index (χ1) is 18.3. The molecule has 0 fully saturated rings. The number of ketones is 1. The van der Waals surface area contributed by atoms with E-state index in [4.69, 9.17) is 18.9 Å². The topological polar surface area (TPSA) is 88.1 Å². The molecular weight excluding hydrogens is 484 g/mol. The molecule has 0 aromatic heterocycles. The maximum absolute atomic E-state index is 12.9. The van der Waals surface area contributed by atoms with E-state index in [2.05, 4.69) is 13.2 Å². The third kappa shape index (κ3) is 11.6. The molecule has 0 spiro atoms. The summed E-state index contributed by atoms with van der Waals surface area (Å²) in [4.78, 5) is 35.5. The zero-order valence-corrected chi connectivity index (χ0v) is 22.7. The summed E-state index contributed by atoms with van der Waals surface area (Å²) in [5.41, 5.74) is 2.21. The molecule has 1 aromatic rings. The maximum atomic E-state index is 12.9. The van der Waals surface area contributed by atoms with E-state index in [1.165, 1.54) is 0 Å². The molecule has 0 atom stereocenters. The normalized spacial score (nSPS) is 12.6.